The Morgan fingerprint density at radius 3 is 2.76 bits per heavy atom. The van der Waals surface area contributed by atoms with Crippen molar-refractivity contribution in [3.8, 4) is 17.2 Å². The van der Waals surface area contributed by atoms with Crippen LogP contribution in [0.1, 0.15) is 6.92 Å². The largest absolute Gasteiger partial charge is 0.494 e. The second-order valence-electron chi connectivity index (χ2n) is 4.60. The summed E-state index contributed by atoms with van der Waals surface area (Å²) in [6.07, 6.45) is 1.76. The van der Waals surface area contributed by atoms with Gasteiger partial charge in [-0.25, -0.2) is 0 Å². The number of aromatic nitrogens is 1. The average Bonchev–Trinajstić information content (AvgIpc) is 2.47. The maximum atomic E-state index is 5.96. The van der Waals surface area contributed by atoms with E-state index in [9.17, 15) is 0 Å². The third kappa shape index (κ3) is 2.89. The number of anilines is 1. The van der Waals surface area contributed by atoms with Crippen LogP contribution in [0.5, 0.6) is 17.2 Å². The first-order chi connectivity index (χ1) is 10.3. The van der Waals surface area contributed by atoms with E-state index in [4.69, 9.17) is 15.2 Å². The van der Waals surface area contributed by atoms with Crippen LogP contribution in [-0.4, -0.2) is 11.6 Å². The second kappa shape index (κ2) is 5.71. The van der Waals surface area contributed by atoms with Crippen molar-refractivity contribution in [2.45, 2.75) is 6.92 Å². The molecule has 1 heterocycles. The topological polar surface area (TPSA) is 57.4 Å². The van der Waals surface area contributed by atoms with E-state index in [1.165, 1.54) is 0 Å². The van der Waals surface area contributed by atoms with Gasteiger partial charge in [0.25, 0.3) is 0 Å². The van der Waals surface area contributed by atoms with Gasteiger partial charge in [-0.3, -0.25) is 4.98 Å². The molecule has 0 amide bonds. The molecule has 4 nitrogen and oxygen atoms in total. The third-order valence-electron chi connectivity index (χ3n) is 3.05. The summed E-state index contributed by atoms with van der Waals surface area (Å²) in [5, 5.41) is 0.959. The zero-order valence-corrected chi connectivity index (χ0v) is 11.7. The molecule has 0 fully saturated rings. The van der Waals surface area contributed by atoms with Gasteiger partial charge in [0.1, 0.15) is 17.2 Å². The minimum atomic E-state index is 0.584. The third-order valence-corrected chi connectivity index (χ3v) is 3.05. The lowest BCUT2D eigenvalue weighted by Gasteiger charge is -2.11. The van der Waals surface area contributed by atoms with Crippen LogP contribution < -0.4 is 15.2 Å². The summed E-state index contributed by atoms with van der Waals surface area (Å²) in [5.41, 5.74) is 7.38. The van der Waals surface area contributed by atoms with Crippen molar-refractivity contribution in [2.24, 2.45) is 0 Å². The van der Waals surface area contributed by atoms with Gasteiger partial charge < -0.3 is 15.2 Å². The quantitative estimate of drug-likeness (QED) is 0.734. The molecular formula is C17H16N2O2. The van der Waals surface area contributed by atoms with E-state index in [2.05, 4.69) is 4.98 Å². The highest BCUT2D eigenvalue weighted by Crippen LogP contribution is 2.32. The Morgan fingerprint density at radius 2 is 1.90 bits per heavy atom. The second-order valence-corrected chi connectivity index (χ2v) is 4.60. The molecule has 3 aromatic rings. The molecule has 21 heavy (non-hydrogen) atoms. The molecule has 0 aliphatic heterocycles. The molecule has 0 saturated carbocycles. The summed E-state index contributed by atoms with van der Waals surface area (Å²) in [5.74, 6) is 2.09. The van der Waals surface area contributed by atoms with Crippen LogP contribution in [0.2, 0.25) is 0 Å². The van der Waals surface area contributed by atoms with Crippen molar-refractivity contribution >= 4 is 16.6 Å². The Balaban J connectivity index is 1.98. The molecule has 0 spiro atoms. The smallest absolute Gasteiger partial charge is 0.136 e. The summed E-state index contributed by atoms with van der Waals surface area (Å²) in [7, 11) is 0. The molecule has 106 valence electrons. The van der Waals surface area contributed by atoms with E-state index in [0.29, 0.717) is 23.8 Å². The fourth-order valence-corrected chi connectivity index (χ4v) is 2.19. The first-order valence-electron chi connectivity index (χ1n) is 6.81. The number of hydrogen-bond donors (Lipinski definition) is 1. The van der Waals surface area contributed by atoms with Gasteiger partial charge in [-0.05, 0) is 31.2 Å². The number of ether oxygens (including phenoxy) is 2. The van der Waals surface area contributed by atoms with E-state index in [1.54, 1.807) is 18.3 Å². The monoisotopic (exact) mass is 280 g/mol. The predicted octanol–water partition coefficient (Wildman–Crippen LogP) is 4.01. The number of hydrogen-bond acceptors (Lipinski definition) is 4. The van der Waals surface area contributed by atoms with E-state index in [1.807, 2.05) is 43.3 Å². The highest BCUT2D eigenvalue weighted by atomic mass is 16.5. The Morgan fingerprint density at radius 1 is 1.05 bits per heavy atom. The number of benzene rings is 2. The van der Waals surface area contributed by atoms with Gasteiger partial charge in [0.15, 0.2) is 0 Å². The molecular weight excluding hydrogens is 264 g/mol. The first kappa shape index (κ1) is 13.2. The molecule has 0 bridgehead atoms. The summed E-state index contributed by atoms with van der Waals surface area (Å²) < 4.78 is 11.4. The molecule has 0 saturated heterocycles. The van der Waals surface area contributed by atoms with Gasteiger partial charge in [-0.1, -0.05) is 6.07 Å². The van der Waals surface area contributed by atoms with Crippen molar-refractivity contribution in [3.63, 3.8) is 0 Å². The number of nitrogens with two attached hydrogens (primary N) is 1. The van der Waals surface area contributed by atoms with Crippen LogP contribution in [0.15, 0.2) is 54.7 Å². The lowest BCUT2D eigenvalue weighted by Crippen LogP contribution is -1.95. The molecule has 2 N–H and O–H groups in total. The molecule has 0 radical (unpaired) electrons. The van der Waals surface area contributed by atoms with Crippen LogP contribution in [-0.2, 0) is 0 Å². The molecule has 1 aromatic heterocycles. The van der Waals surface area contributed by atoms with Crippen LogP contribution in [0.3, 0.4) is 0 Å². The zero-order chi connectivity index (χ0) is 14.7. The number of fused-ring (bicyclic) bond motifs is 1. The normalized spacial score (nSPS) is 10.5. The van der Waals surface area contributed by atoms with Crippen molar-refractivity contribution in [3.05, 3.63) is 54.7 Å². The first-order valence-corrected chi connectivity index (χ1v) is 6.81. The lowest BCUT2D eigenvalue weighted by molar-refractivity contribution is 0.338. The van der Waals surface area contributed by atoms with Crippen molar-refractivity contribution in [1.82, 2.24) is 4.98 Å². The Hall–Kier alpha value is -2.75. The van der Waals surface area contributed by atoms with Crippen LogP contribution in [0, 0.1) is 0 Å². The van der Waals surface area contributed by atoms with Gasteiger partial charge in [0, 0.05) is 35.5 Å². The number of rotatable bonds is 4. The van der Waals surface area contributed by atoms with Crippen molar-refractivity contribution < 1.29 is 9.47 Å². The number of pyridine rings is 1. The van der Waals surface area contributed by atoms with Gasteiger partial charge >= 0.3 is 0 Å². The molecule has 0 atom stereocenters. The molecule has 4 heteroatoms. The zero-order valence-electron chi connectivity index (χ0n) is 11.7. The minimum absolute atomic E-state index is 0.584. The van der Waals surface area contributed by atoms with Gasteiger partial charge in [0.05, 0.1) is 12.1 Å². The van der Waals surface area contributed by atoms with Crippen LogP contribution >= 0.6 is 0 Å². The van der Waals surface area contributed by atoms with E-state index in [-0.39, 0.29) is 0 Å². The Kier molecular flexibility index (Phi) is 3.60. The summed E-state index contributed by atoms with van der Waals surface area (Å²) >= 11 is 0. The predicted molar refractivity (Wildman–Crippen MR) is 83.8 cm³/mol. The number of nitrogens with zero attached hydrogens (tertiary/aromatic N) is 1. The maximum absolute atomic E-state index is 5.96. The molecule has 3 rings (SSSR count). The highest BCUT2D eigenvalue weighted by molar-refractivity contribution is 5.85. The standard InChI is InChI=1S/C17H16N2O2/c1-2-20-13-9-12(18)10-14(11-13)21-17-7-3-6-16-15(17)5-4-8-19-16/h3-11H,2,18H2,1H3. The summed E-state index contributed by atoms with van der Waals surface area (Å²) in [4.78, 5) is 4.32. The van der Waals surface area contributed by atoms with Crippen molar-refractivity contribution in [1.29, 1.82) is 0 Å². The maximum Gasteiger partial charge on any atom is 0.136 e. The van der Waals surface area contributed by atoms with E-state index < -0.39 is 0 Å². The van der Waals surface area contributed by atoms with E-state index >= 15 is 0 Å². The fourth-order valence-electron chi connectivity index (χ4n) is 2.19. The Labute approximate surface area is 123 Å². The molecule has 0 aliphatic carbocycles. The summed E-state index contributed by atoms with van der Waals surface area (Å²) in [6, 6.07) is 15.0. The molecule has 2 aromatic carbocycles. The minimum Gasteiger partial charge on any atom is -0.494 e. The van der Waals surface area contributed by atoms with Crippen molar-refractivity contribution in [2.75, 3.05) is 12.3 Å². The summed E-state index contributed by atoms with van der Waals surface area (Å²) in [6.45, 7) is 2.52. The SMILES string of the molecule is CCOc1cc(N)cc(Oc2cccc3ncccc23)c1. The Bertz CT molecular complexity index is 766. The number of nitrogen functional groups attached to an aromatic ring is 1. The van der Waals surface area contributed by atoms with Crippen LogP contribution in [0.25, 0.3) is 10.9 Å². The lowest BCUT2D eigenvalue weighted by atomic mass is 10.2. The van der Waals surface area contributed by atoms with Gasteiger partial charge in [-0.15, -0.1) is 0 Å². The molecule has 0 aliphatic rings. The van der Waals surface area contributed by atoms with Gasteiger partial charge in [0.2, 0.25) is 0 Å². The van der Waals surface area contributed by atoms with Gasteiger partial charge in [-0.2, -0.15) is 0 Å². The molecule has 0 unspecified atom stereocenters. The van der Waals surface area contributed by atoms with Crippen LogP contribution in [0.4, 0.5) is 5.69 Å². The van der Waals surface area contributed by atoms with E-state index in [0.717, 1.165) is 16.7 Å². The fraction of sp³-hybridized carbons (Fsp3) is 0.118. The highest BCUT2D eigenvalue weighted by Gasteiger charge is 2.06. The average molecular weight is 280 g/mol.